The van der Waals surface area contributed by atoms with Crippen molar-refractivity contribution in [2.45, 2.75) is 18.9 Å². The van der Waals surface area contributed by atoms with Crippen molar-refractivity contribution < 1.29 is 14.4 Å². The van der Waals surface area contributed by atoms with Gasteiger partial charge in [-0.05, 0) is 22.7 Å². The van der Waals surface area contributed by atoms with Gasteiger partial charge in [-0.3, -0.25) is 0 Å². The molecule has 0 spiro atoms. The number of hydrogen-bond acceptors (Lipinski definition) is 5. The van der Waals surface area contributed by atoms with Crippen molar-refractivity contribution in [3.05, 3.63) is 22.4 Å². The van der Waals surface area contributed by atoms with Crippen molar-refractivity contribution in [2.24, 2.45) is 0 Å². The largest absolute Gasteiger partial charge is 0.486 e. The first kappa shape index (κ1) is 9.70. The van der Waals surface area contributed by atoms with Crippen molar-refractivity contribution in [3.8, 4) is 11.5 Å². The second kappa shape index (κ2) is 3.72. The van der Waals surface area contributed by atoms with Crippen molar-refractivity contribution in [3.63, 3.8) is 0 Å². The molecule has 6 nitrogen and oxygen atoms in total. The monoisotopic (exact) mass is 210 g/mol. The summed E-state index contributed by atoms with van der Waals surface area (Å²) in [4.78, 5) is 13.7. The minimum Gasteiger partial charge on any atom is -0.486 e. The van der Waals surface area contributed by atoms with Crippen LogP contribution in [0.2, 0.25) is 0 Å². The number of hydrogen-bond donors (Lipinski definition) is 0. The highest BCUT2D eigenvalue weighted by Crippen LogP contribution is 2.37. The summed E-state index contributed by atoms with van der Waals surface area (Å²) in [5, 5.41) is 10.6. The standard InChI is InChI=1S/C9H10N2O4/c1-14-8-7(15-6-2-3-6)4-5-10-9(8)11(12)13/h4-6H,2-3H2,1H3. The minimum absolute atomic E-state index is 0.0920. The van der Waals surface area contributed by atoms with Crippen LogP contribution in [0.3, 0.4) is 0 Å². The van der Waals surface area contributed by atoms with Gasteiger partial charge in [0.2, 0.25) is 0 Å². The Morgan fingerprint density at radius 1 is 1.60 bits per heavy atom. The van der Waals surface area contributed by atoms with Crippen LogP contribution in [0.5, 0.6) is 11.5 Å². The number of nitro groups is 1. The molecule has 1 aromatic rings. The Labute approximate surface area is 86.0 Å². The second-order valence-corrected chi connectivity index (χ2v) is 3.24. The van der Waals surface area contributed by atoms with Crippen LogP contribution in [-0.2, 0) is 0 Å². The zero-order valence-corrected chi connectivity index (χ0v) is 8.17. The molecule has 0 unspecified atom stereocenters. The Morgan fingerprint density at radius 3 is 2.87 bits per heavy atom. The van der Waals surface area contributed by atoms with E-state index in [4.69, 9.17) is 9.47 Å². The molecule has 0 bridgehead atoms. The Bertz CT molecular complexity index is 390. The van der Waals surface area contributed by atoms with Gasteiger partial charge in [0.15, 0.2) is 5.75 Å². The summed E-state index contributed by atoms with van der Waals surface area (Å²) in [7, 11) is 1.36. The van der Waals surface area contributed by atoms with Crippen LogP contribution in [0.1, 0.15) is 12.8 Å². The Morgan fingerprint density at radius 2 is 2.33 bits per heavy atom. The lowest BCUT2D eigenvalue weighted by Gasteiger charge is -2.08. The maximum absolute atomic E-state index is 10.6. The molecule has 1 saturated carbocycles. The van der Waals surface area contributed by atoms with E-state index >= 15 is 0 Å². The van der Waals surface area contributed by atoms with E-state index < -0.39 is 4.92 Å². The normalized spacial score (nSPS) is 14.7. The fraction of sp³-hybridized carbons (Fsp3) is 0.444. The number of aromatic nitrogens is 1. The first-order chi connectivity index (χ1) is 7.22. The molecule has 1 aliphatic rings. The molecular weight excluding hydrogens is 200 g/mol. The van der Waals surface area contributed by atoms with Gasteiger partial charge < -0.3 is 19.6 Å². The van der Waals surface area contributed by atoms with Crippen LogP contribution in [-0.4, -0.2) is 23.1 Å². The SMILES string of the molecule is COc1c(OC2CC2)ccnc1[N+](=O)[O-]. The highest BCUT2D eigenvalue weighted by Gasteiger charge is 2.28. The van der Waals surface area contributed by atoms with Gasteiger partial charge in [-0.2, -0.15) is 0 Å². The van der Waals surface area contributed by atoms with Gasteiger partial charge in [-0.1, -0.05) is 0 Å². The average molecular weight is 210 g/mol. The molecule has 0 aromatic carbocycles. The highest BCUT2D eigenvalue weighted by atomic mass is 16.6. The molecule has 1 aromatic heterocycles. The van der Waals surface area contributed by atoms with Crippen LogP contribution in [0.15, 0.2) is 12.3 Å². The molecule has 80 valence electrons. The third kappa shape index (κ3) is 1.98. The first-order valence-corrected chi connectivity index (χ1v) is 4.56. The number of nitrogens with zero attached hydrogens (tertiary/aromatic N) is 2. The molecule has 0 amide bonds. The molecule has 0 atom stereocenters. The predicted octanol–water partition coefficient (Wildman–Crippen LogP) is 1.54. The quantitative estimate of drug-likeness (QED) is 0.556. The summed E-state index contributed by atoms with van der Waals surface area (Å²) in [6.45, 7) is 0. The summed E-state index contributed by atoms with van der Waals surface area (Å²) < 4.78 is 10.4. The van der Waals surface area contributed by atoms with Gasteiger partial charge in [0, 0.05) is 6.07 Å². The molecular formula is C9H10N2O4. The van der Waals surface area contributed by atoms with Crippen LogP contribution >= 0.6 is 0 Å². The van der Waals surface area contributed by atoms with E-state index in [1.807, 2.05) is 0 Å². The lowest BCUT2D eigenvalue weighted by atomic mass is 10.4. The highest BCUT2D eigenvalue weighted by molar-refractivity contribution is 5.50. The molecule has 0 aliphatic heterocycles. The van der Waals surface area contributed by atoms with Crippen molar-refractivity contribution in [1.29, 1.82) is 0 Å². The summed E-state index contributed by atoms with van der Waals surface area (Å²) in [5.41, 5.74) is 0. The third-order valence-electron chi connectivity index (χ3n) is 2.04. The molecule has 0 N–H and O–H groups in total. The van der Waals surface area contributed by atoms with E-state index in [1.165, 1.54) is 13.3 Å². The topological polar surface area (TPSA) is 74.5 Å². The summed E-state index contributed by atoms with van der Waals surface area (Å²) in [6, 6.07) is 1.57. The number of methoxy groups -OCH3 is 1. The number of rotatable bonds is 4. The van der Waals surface area contributed by atoms with E-state index in [9.17, 15) is 10.1 Å². The minimum atomic E-state index is -0.585. The van der Waals surface area contributed by atoms with Crippen LogP contribution in [0.25, 0.3) is 0 Å². The number of pyridine rings is 1. The summed E-state index contributed by atoms with van der Waals surface area (Å²) in [6.07, 6.45) is 3.48. The van der Waals surface area contributed by atoms with E-state index in [2.05, 4.69) is 4.98 Å². The number of ether oxygens (including phenoxy) is 2. The van der Waals surface area contributed by atoms with E-state index in [0.29, 0.717) is 5.75 Å². The summed E-state index contributed by atoms with van der Waals surface area (Å²) >= 11 is 0. The zero-order chi connectivity index (χ0) is 10.8. The predicted molar refractivity (Wildman–Crippen MR) is 51.1 cm³/mol. The van der Waals surface area contributed by atoms with E-state index in [-0.39, 0.29) is 17.7 Å². The smallest absolute Gasteiger partial charge is 0.410 e. The van der Waals surface area contributed by atoms with Gasteiger partial charge in [-0.15, -0.1) is 0 Å². The molecule has 0 saturated heterocycles. The van der Waals surface area contributed by atoms with E-state index in [0.717, 1.165) is 12.8 Å². The Balaban J connectivity index is 2.34. The van der Waals surface area contributed by atoms with E-state index in [1.54, 1.807) is 6.07 Å². The van der Waals surface area contributed by atoms with Crippen molar-refractivity contribution in [1.82, 2.24) is 4.98 Å². The maximum atomic E-state index is 10.6. The van der Waals surface area contributed by atoms with Gasteiger partial charge in [-0.25, -0.2) is 0 Å². The summed E-state index contributed by atoms with van der Waals surface area (Å²) in [5.74, 6) is 0.173. The molecule has 0 radical (unpaired) electrons. The Kier molecular flexibility index (Phi) is 2.40. The molecule has 2 rings (SSSR count). The molecule has 6 heteroatoms. The van der Waals surface area contributed by atoms with Gasteiger partial charge in [0.25, 0.3) is 5.75 Å². The van der Waals surface area contributed by atoms with Crippen molar-refractivity contribution in [2.75, 3.05) is 7.11 Å². The maximum Gasteiger partial charge on any atom is 0.410 e. The van der Waals surface area contributed by atoms with Crippen molar-refractivity contribution >= 4 is 5.82 Å². The fourth-order valence-corrected chi connectivity index (χ4v) is 1.20. The van der Waals surface area contributed by atoms with Gasteiger partial charge >= 0.3 is 5.82 Å². The van der Waals surface area contributed by atoms with Gasteiger partial charge in [0.1, 0.15) is 6.20 Å². The lowest BCUT2D eigenvalue weighted by Crippen LogP contribution is -2.02. The molecule has 1 aliphatic carbocycles. The Hall–Kier alpha value is -1.85. The lowest BCUT2D eigenvalue weighted by molar-refractivity contribution is -0.390. The molecule has 1 fully saturated rings. The first-order valence-electron chi connectivity index (χ1n) is 4.56. The fourth-order valence-electron chi connectivity index (χ4n) is 1.20. The average Bonchev–Trinajstić information content (AvgIpc) is 3.01. The third-order valence-corrected chi connectivity index (χ3v) is 2.04. The zero-order valence-electron chi connectivity index (χ0n) is 8.17. The van der Waals surface area contributed by atoms with Gasteiger partial charge in [0.05, 0.1) is 13.2 Å². The van der Waals surface area contributed by atoms with Crippen LogP contribution < -0.4 is 9.47 Å². The molecule has 15 heavy (non-hydrogen) atoms. The molecule has 1 heterocycles. The van der Waals surface area contributed by atoms with Crippen LogP contribution in [0, 0.1) is 10.1 Å². The van der Waals surface area contributed by atoms with Crippen LogP contribution in [0.4, 0.5) is 5.82 Å². The second-order valence-electron chi connectivity index (χ2n) is 3.24.